The van der Waals surface area contributed by atoms with Gasteiger partial charge in [-0.15, -0.1) is 0 Å². The Bertz CT molecular complexity index is 1060. The minimum atomic E-state index is -0.613. The molecule has 3 aliphatic heterocycles. The molecule has 1 atom stereocenters. The highest BCUT2D eigenvalue weighted by atomic mass is 16.2. The van der Waals surface area contributed by atoms with Crippen LogP contribution in [-0.2, 0) is 11.3 Å². The van der Waals surface area contributed by atoms with Crippen LogP contribution in [0, 0.1) is 0 Å². The van der Waals surface area contributed by atoms with Gasteiger partial charge in [-0.2, -0.15) is 0 Å². The van der Waals surface area contributed by atoms with Crippen molar-refractivity contribution in [2.45, 2.75) is 50.5 Å². The fraction of sp³-hybridized carbons (Fsp3) is 0.609. The number of piperidine rings is 2. The molecule has 11 heteroatoms. The zero-order chi connectivity index (χ0) is 23.7. The van der Waals surface area contributed by atoms with E-state index >= 15 is 0 Å². The van der Waals surface area contributed by atoms with E-state index in [9.17, 15) is 9.59 Å². The van der Waals surface area contributed by atoms with Gasteiger partial charge in [-0.25, -0.2) is 15.0 Å². The lowest BCUT2D eigenvalue weighted by molar-refractivity contribution is -0.122. The molecule has 2 aromatic heterocycles. The maximum Gasteiger partial charge on any atom is 0.256 e. The van der Waals surface area contributed by atoms with Crippen LogP contribution in [0.25, 0.3) is 0 Å². The molecule has 5 heterocycles. The second kappa shape index (κ2) is 9.57. The number of likely N-dealkylation sites (tertiary alicyclic amines) is 1. The Kier molecular flexibility index (Phi) is 6.36. The third kappa shape index (κ3) is 4.56. The summed E-state index contributed by atoms with van der Waals surface area (Å²) in [6.45, 7) is 6.43. The average molecular weight is 468 g/mol. The van der Waals surface area contributed by atoms with E-state index in [1.54, 1.807) is 0 Å². The molecule has 0 radical (unpaired) electrons. The maximum absolute atomic E-state index is 12.0. The number of rotatable bonds is 7. The van der Waals surface area contributed by atoms with Crippen LogP contribution in [0.3, 0.4) is 0 Å². The Morgan fingerprint density at radius 3 is 2.56 bits per heavy atom. The fourth-order valence-corrected chi connectivity index (χ4v) is 5.26. The van der Waals surface area contributed by atoms with Crippen LogP contribution in [0.2, 0.25) is 0 Å². The van der Waals surface area contributed by atoms with Gasteiger partial charge in [-0.3, -0.25) is 9.59 Å². The van der Waals surface area contributed by atoms with Gasteiger partial charge in [0.15, 0.2) is 0 Å². The summed E-state index contributed by atoms with van der Waals surface area (Å²) < 4.78 is 2.32. The second-order valence-corrected chi connectivity index (χ2v) is 9.54. The first-order valence-electron chi connectivity index (χ1n) is 12.2. The minimum absolute atomic E-state index is 0.107. The highest BCUT2D eigenvalue weighted by Crippen LogP contribution is 2.34. The SMILES string of the molecule is NC(=O)c1c(N)ncnc1N1CCC(c2nc(C3CCNC(=O)C3)cn2CCN2CCC2)CC1. The number of imidazole rings is 1. The number of hydrogen-bond acceptors (Lipinski definition) is 8. The Balaban J connectivity index is 1.33. The third-order valence-corrected chi connectivity index (χ3v) is 7.36. The summed E-state index contributed by atoms with van der Waals surface area (Å²) in [6, 6.07) is 0. The van der Waals surface area contributed by atoms with Crippen LogP contribution in [0.4, 0.5) is 11.6 Å². The van der Waals surface area contributed by atoms with Gasteiger partial charge in [0.2, 0.25) is 5.91 Å². The standard InChI is InChI=1S/C23H33N9O2/c24-20-19(21(25)34)23(28-14-27-20)31-8-3-15(4-9-31)22-29-17(16-2-5-26-18(33)12-16)13-32(22)11-10-30-6-1-7-30/h13-16H,1-12H2,(H2,25,34)(H,26,33)(H2,24,27,28). The second-order valence-electron chi connectivity index (χ2n) is 9.54. The molecule has 0 spiro atoms. The lowest BCUT2D eigenvalue weighted by atomic mass is 9.94. The topological polar surface area (TPSA) is 148 Å². The molecule has 0 aromatic carbocycles. The number of carbonyl (C=O) groups excluding carboxylic acids is 2. The molecule has 3 saturated heterocycles. The molecule has 2 aromatic rings. The fourth-order valence-electron chi connectivity index (χ4n) is 5.26. The van der Waals surface area contributed by atoms with E-state index in [0.717, 1.165) is 57.0 Å². The molecule has 3 fully saturated rings. The summed E-state index contributed by atoms with van der Waals surface area (Å²) in [5, 5.41) is 2.92. The van der Waals surface area contributed by atoms with Crippen LogP contribution < -0.4 is 21.7 Å². The predicted octanol–water partition coefficient (Wildman–Crippen LogP) is 0.438. The highest BCUT2D eigenvalue weighted by molar-refractivity contribution is 6.01. The number of amides is 2. The Morgan fingerprint density at radius 2 is 1.88 bits per heavy atom. The zero-order valence-electron chi connectivity index (χ0n) is 19.4. The summed E-state index contributed by atoms with van der Waals surface area (Å²) in [5.74, 6) is 1.71. The van der Waals surface area contributed by atoms with Crippen molar-refractivity contribution in [2.24, 2.45) is 5.73 Å². The molecule has 3 aliphatic rings. The van der Waals surface area contributed by atoms with Gasteiger partial charge < -0.3 is 31.2 Å². The molecule has 0 bridgehead atoms. The molecule has 5 N–H and O–H groups in total. The number of hydrogen-bond donors (Lipinski definition) is 3. The molecular formula is C23H33N9O2. The van der Waals surface area contributed by atoms with Gasteiger partial charge >= 0.3 is 0 Å². The molecule has 1 unspecified atom stereocenters. The molecule has 2 amide bonds. The van der Waals surface area contributed by atoms with E-state index < -0.39 is 5.91 Å². The van der Waals surface area contributed by atoms with Crippen molar-refractivity contribution in [1.82, 2.24) is 29.7 Å². The van der Waals surface area contributed by atoms with Crippen molar-refractivity contribution in [2.75, 3.05) is 49.9 Å². The van der Waals surface area contributed by atoms with Crippen molar-refractivity contribution in [3.8, 4) is 0 Å². The number of primary amides is 1. The van der Waals surface area contributed by atoms with Crippen molar-refractivity contribution in [3.63, 3.8) is 0 Å². The molecular weight excluding hydrogens is 434 g/mol. The summed E-state index contributed by atoms with van der Waals surface area (Å²) in [5.41, 5.74) is 12.7. The largest absolute Gasteiger partial charge is 0.383 e. The molecule has 0 saturated carbocycles. The summed E-state index contributed by atoms with van der Waals surface area (Å²) in [7, 11) is 0. The highest BCUT2D eigenvalue weighted by Gasteiger charge is 2.30. The number of nitrogens with two attached hydrogens (primary N) is 2. The van der Waals surface area contributed by atoms with Gasteiger partial charge in [0, 0.05) is 57.2 Å². The molecule has 182 valence electrons. The van der Waals surface area contributed by atoms with Crippen molar-refractivity contribution in [1.29, 1.82) is 0 Å². The Morgan fingerprint density at radius 1 is 1.09 bits per heavy atom. The molecule has 0 aliphatic carbocycles. The van der Waals surface area contributed by atoms with E-state index in [1.165, 1.54) is 25.8 Å². The van der Waals surface area contributed by atoms with Crippen LogP contribution in [0.15, 0.2) is 12.5 Å². The molecule has 34 heavy (non-hydrogen) atoms. The smallest absolute Gasteiger partial charge is 0.256 e. The summed E-state index contributed by atoms with van der Waals surface area (Å²) >= 11 is 0. The van der Waals surface area contributed by atoms with Crippen LogP contribution >= 0.6 is 0 Å². The first-order chi connectivity index (χ1) is 16.5. The van der Waals surface area contributed by atoms with Crippen LogP contribution in [-0.4, -0.2) is 75.5 Å². The summed E-state index contributed by atoms with van der Waals surface area (Å²) in [4.78, 5) is 41.8. The average Bonchev–Trinajstić information content (AvgIpc) is 3.22. The van der Waals surface area contributed by atoms with Gasteiger partial charge in [0.05, 0.1) is 5.69 Å². The number of anilines is 2. The van der Waals surface area contributed by atoms with Crippen LogP contribution in [0.1, 0.15) is 65.8 Å². The zero-order valence-corrected chi connectivity index (χ0v) is 19.4. The van der Waals surface area contributed by atoms with E-state index in [2.05, 4.69) is 35.8 Å². The Labute approximate surface area is 198 Å². The quantitative estimate of drug-likeness (QED) is 0.531. The maximum atomic E-state index is 12.0. The number of nitrogens with zero attached hydrogens (tertiary/aromatic N) is 6. The lowest BCUT2D eigenvalue weighted by Crippen LogP contribution is -2.39. The van der Waals surface area contributed by atoms with Crippen LogP contribution in [0.5, 0.6) is 0 Å². The van der Waals surface area contributed by atoms with E-state index in [4.69, 9.17) is 16.5 Å². The van der Waals surface area contributed by atoms with Gasteiger partial charge in [0.25, 0.3) is 5.91 Å². The van der Waals surface area contributed by atoms with Crippen molar-refractivity contribution < 1.29 is 9.59 Å². The number of carbonyl (C=O) groups is 2. The lowest BCUT2D eigenvalue weighted by Gasteiger charge is -2.34. The summed E-state index contributed by atoms with van der Waals surface area (Å²) in [6.07, 6.45) is 8.03. The number of aromatic nitrogens is 4. The minimum Gasteiger partial charge on any atom is -0.383 e. The van der Waals surface area contributed by atoms with Crippen molar-refractivity contribution >= 4 is 23.5 Å². The van der Waals surface area contributed by atoms with E-state index in [-0.39, 0.29) is 23.2 Å². The number of nitrogen functional groups attached to an aromatic ring is 1. The molecule has 11 nitrogen and oxygen atoms in total. The van der Waals surface area contributed by atoms with E-state index in [1.807, 2.05) is 0 Å². The number of nitrogens with one attached hydrogen (secondary N) is 1. The van der Waals surface area contributed by atoms with E-state index in [0.29, 0.717) is 24.7 Å². The van der Waals surface area contributed by atoms with Gasteiger partial charge in [0.1, 0.15) is 29.4 Å². The molecule has 5 rings (SSSR count). The first kappa shape index (κ1) is 22.6. The van der Waals surface area contributed by atoms with Gasteiger partial charge in [-0.05, 0) is 38.8 Å². The van der Waals surface area contributed by atoms with Gasteiger partial charge in [-0.1, -0.05) is 0 Å². The first-order valence-corrected chi connectivity index (χ1v) is 12.2. The normalized spacial score (nSPS) is 21.8. The predicted molar refractivity (Wildman–Crippen MR) is 127 cm³/mol. The monoisotopic (exact) mass is 467 g/mol. The Hall–Kier alpha value is -3.21. The third-order valence-electron chi connectivity index (χ3n) is 7.36. The van der Waals surface area contributed by atoms with Crippen molar-refractivity contribution in [3.05, 3.63) is 29.6 Å².